The van der Waals surface area contributed by atoms with Crippen molar-refractivity contribution < 1.29 is 9.90 Å². The second-order valence-corrected chi connectivity index (χ2v) is 2.86. The van der Waals surface area contributed by atoms with Crippen LogP contribution in [-0.4, -0.2) is 17.9 Å². The molecule has 1 heterocycles. The number of benzene rings is 1. The van der Waals surface area contributed by atoms with Gasteiger partial charge in [-0.15, -0.1) is 0 Å². The van der Waals surface area contributed by atoms with E-state index in [1.54, 1.807) is 12.1 Å². The summed E-state index contributed by atoms with van der Waals surface area (Å²) in [6.07, 6.45) is 1.58. The van der Waals surface area contributed by atoms with Crippen LogP contribution in [0.3, 0.4) is 0 Å². The van der Waals surface area contributed by atoms with Crippen molar-refractivity contribution in [1.29, 1.82) is 0 Å². The van der Waals surface area contributed by atoms with E-state index in [0.717, 1.165) is 24.2 Å². The third-order valence-electron chi connectivity index (χ3n) is 2.09. The number of aldehydes is 1. The molecular formula is C9H9NO2. The molecule has 2 rings (SSSR count). The second-order valence-electron chi connectivity index (χ2n) is 2.86. The largest absolute Gasteiger partial charge is 0.507 e. The third-order valence-corrected chi connectivity index (χ3v) is 2.09. The summed E-state index contributed by atoms with van der Waals surface area (Å²) in [5.41, 5.74) is 2.40. The Morgan fingerprint density at radius 2 is 2.33 bits per heavy atom. The van der Waals surface area contributed by atoms with Crippen molar-refractivity contribution in [2.45, 2.75) is 6.42 Å². The Kier molecular flexibility index (Phi) is 1.50. The zero-order valence-electron chi connectivity index (χ0n) is 6.50. The van der Waals surface area contributed by atoms with Gasteiger partial charge in [0.05, 0.1) is 5.56 Å². The molecule has 0 amide bonds. The number of hydrogen-bond acceptors (Lipinski definition) is 3. The van der Waals surface area contributed by atoms with Gasteiger partial charge in [0.15, 0.2) is 6.29 Å². The van der Waals surface area contributed by atoms with Crippen molar-refractivity contribution in [3.8, 4) is 5.75 Å². The minimum absolute atomic E-state index is 0.0763. The Bertz CT molecular complexity index is 334. The maximum Gasteiger partial charge on any atom is 0.153 e. The number of phenols is 1. The van der Waals surface area contributed by atoms with Crippen LogP contribution in [0, 0.1) is 0 Å². The number of fused-ring (bicyclic) bond motifs is 1. The first kappa shape index (κ1) is 7.16. The average molecular weight is 163 g/mol. The van der Waals surface area contributed by atoms with Crippen molar-refractivity contribution >= 4 is 12.0 Å². The number of phenolic OH excluding ortho intramolecular Hbond substituents is 1. The van der Waals surface area contributed by atoms with Gasteiger partial charge in [0.2, 0.25) is 0 Å². The summed E-state index contributed by atoms with van der Waals surface area (Å²) in [6.45, 7) is 0.886. The van der Waals surface area contributed by atoms with Crippen molar-refractivity contribution in [3.63, 3.8) is 0 Å². The molecule has 0 bridgehead atoms. The highest BCUT2D eigenvalue weighted by molar-refractivity contribution is 5.82. The van der Waals surface area contributed by atoms with E-state index in [0.29, 0.717) is 11.8 Å². The van der Waals surface area contributed by atoms with Crippen LogP contribution in [0.2, 0.25) is 0 Å². The molecule has 0 atom stereocenters. The number of rotatable bonds is 1. The fourth-order valence-electron chi connectivity index (χ4n) is 1.45. The Morgan fingerprint density at radius 3 is 3.08 bits per heavy atom. The Morgan fingerprint density at radius 1 is 1.50 bits per heavy atom. The van der Waals surface area contributed by atoms with Crippen molar-refractivity contribution in [1.82, 2.24) is 0 Å². The van der Waals surface area contributed by atoms with Gasteiger partial charge in [0.25, 0.3) is 0 Å². The average Bonchev–Trinajstić information content (AvgIpc) is 2.49. The van der Waals surface area contributed by atoms with Crippen LogP contribution in [0.25, 0.3) is 0 Å². The SMILES string of the molecule is O=Cc1cc2c(cc1O)CCN2. The van der Waals surface area contributed by atoms with Crippen LogP contribution in [0.5, 0.6) is 5.75 Å². The monoisotopic (exact) mass is 163 g/mol. The molecule has 2 N–H and O–H groups in total. The van der Waals surface area contributed by atoms with Gasteiger partial charge < -0.3 is 10.4 Å². The quantitative estimate of drug-likeness (QED) is 0.482. The molecule has 0 unspecified atom stereocenters. The fraction of sp³-hybridized carbons (Fsp3) is 0.222. The van der Waals surface area contributed by atoms with Crippen LogP contribution in [0.4, 0.5) is 5.69 Å². The van der Waals surface area contributed by atoms with Crippen molar-refractivity contribution in [2.24, 2.45) is 0 Å². The summed E-state index contributed by atoms with van der Waals surface area (Å²) in [5, 5.41) is 12.4. The maximum atomic E-state index is 10.4. The van der Waals surface area contributed by atoms with E-state index in [4.69, 9.17) is 0 Å². The number of hydrogen-bond donors (Lipinski definition) is 2. The molecule has 0 saturated carbocycles. The molecule has 1 aromatic rings. The maximum absolute atomic E-state index is 10.4. The Labute approximate surface area is 70.0 Å². The van der Waals surface area contributed by atoms with Crippen LogP contribution in [0.1, 0.15) is 15.9 Å². The van der Waals surface area contributed by atoms with E-state index in [9.17, 15) is 9.90 Å². The molecule has 3 nitrogen and oxygen atoms in total. The molecule has 0 aliphatic carbocycles. The van der Waals surface area contributed by atoms with Crippen LogP contribution >= 0.6 is 0 Å². The van der Waals surface area contributed by atoms with Gasteiger partial charge in [-0.25, -0.2) is 0 Å². The van der Waals surface area contributed by atoms with Crippen LogP contribution in [0.15, 0.2) is 12.1 Å². The first-order valence-electron chi connectivity index (χ1n) is 3.86. The highest BCUT2D eigenvalue weighted by Gasteiger charge is 2.12. The number of carbonyl (C=O) groups excluding carboxylic acids is 1. The van der Waals surface area contributed by atoms with Gasteiger partial charge in [-0.2, -0.15) is 0 Å². The van der Waals surface area contributed by atoms with Gasteiger partial charge in [-0.1, -0.05) is 0 Å². The Hall–Kier alpha value is -1.51. The molecule has 1 aromatic carbocycles. The van der Waals surface area contributed by atoms with E-state index in [-0.39, 0.29) is 5.75 Å². The predicted molar refractivity (Wildman–Crippen MR) is 45.7 cm³/mol. The van der Waals surface area contributed by atoms with Crippen LogP contribution < -0.4 is 5.32 Å². The van der Waals surface area contributed by atoms with Gasteiger partial charge >= 0.3 is 0 Å². The van der Waals surface area contributed by atoms with Gasteiger partial charge in [-0.3, -0.25) is 4.79 Å². The van der Waals surface area contributed by atoms with Gasteiger partial charge in [0.1, 0.15) is 5.75 Å². The van der Waals surface area contributed by atoms with Crippen LogP contribution in [-0.2, 0) is 6.42 Å². The molecule has 0 fully saturated rings. The number of carbonyl (C=O) groups is 1. The first-order valence-corrected chi connectivity index (χ1v) is 3.86. The topological polar surface area (TPSA) is 49.3 Å². The summed E-state index contributed by atoms with van der Waals surface area (Å²) in [5.74, 6) is 0.0763. The van der Waals surface area contributed by atoms with Crippen molar-refractivity contribution in [2.75, 3.05) is 11.9 Å². The highest BCUT2D eigenvalue weighted by Crippen LogP contribution is 2.28. The second kappa shape index (κ2) is 2.52. The smallest absolute Gasteiger partial charge is 0.153 e. The van der Waals surface area contributed by atoms with E-state index in [1.165, 1.54) is 0 Å². The predicted octanol–water partition coefficient (Wildman–Crippen LogP) is 1.17. The van der Waals surface area contributed by atoms with E-state index in [2.05, 4.69) is 5.32 Å². The summed E-state index contributed by atoms with van der Waals surface area (Å²) in [6, 6.07) is 3.34. The van der Waals surface area contributed by atoms with E-state index >= 15 is 0 Å². The van der Waals surface area contributed by atoms with E-state index < -0.39 is 0 Å². The van der Waals surface area contributed by atoms with Gasteiger partial charge in [-0.05, 0) is 24.1 Å². The summed E-state index contributed by atoms with van der Waals surface area (Å²) in [4.78, 5) is 10.4. The first-order chi connectivity index (χ1) is 5.81. The minimum Gasteiger partial charge on any atom is -0.507 e. The normalized spacial score (nSPS) is 13.7. The molecule has 0 saturated heterocycles. The third kappa shape index (κ3) is 0.942. The molecule has 0 spiro atoms. The molecule has 0 radical (unpaired) electrons. The zero-order valence-corrected chi connectivity index (χ0v) is 6.50. The lowest BCUT2D eigenvalue weighted by molar-refractivity contribution is 0.112. The number of aromatic hydroxyl groups is 1. The summed E-state index contributed by atoms with van der Waals surface area (Å²) < 4.78 is 0. The summed E-state index contributed by atoms with van der Waals surface area (Å²) >= 11 is 0. The van der Waals surface area contributed by atoms with Gasteiger partial charge in [0, 0.05) is 12.2 Å². The molecule has 3 heteroatoms. The molecule has 0 aromatic heterocycles. The lowest BCUT2D eigenvalue weighted by atomic mass is 10.1. The summed E-state index contributed by atoms with van der Waals surface area (Å²) in [7, 11) is 0. The molecule has 1 aliphatic heterocycles. The lowest BCUT2D eigenvalue weighted by Crippen LogP contribution is -1.91. The van der Waals surface area contributed by atoms with Crippen molar-refractivity contribution in [3.05, 3.63) is 23.3 Å². The molecular weight excluding hydrogens is 154 g/mol. The van der Waals surface area contributed by atoms with E-state index in [1.807, 2.05) is 0 Å². The molecule has 12 heavy (non-hydrogen) atoms. The zero-order chi connectivity index (χ0) is 8.55. The standard InChI is InChI=1S/C9H9NO2/c11-5-7-3-8-6(1-2-10-8)4-9(7)12/h3-5,10,12H,1-2H2. The fourth-order valence-corrected chi connectivity index (χ4v) is 1.45. The number of nitrogens with one attached hydrogen (secondary N) is 1. The Balaban J connectivity index is 2.56. The minimum atomic E-state index is 0.0763. The molecule has 1 aliphatic rings. The lowest BCUT2D eigenvalue weighted by Gasteiger charge is -2.02. The number of anilines is 1. The molecule has 62 valence electrons. The highest BCUT2D eigenvalue weighted by atomic mass is 16.3.